The molecule has 0 aromatic heterocycles. The minimum Gasteiger partial charge on any atom is -0.481 e. The molecular formula is C16H29NO5. The number of hydrogen-bond acceptors (Lipinski definition) is 3. The monoisotopic (exact) mass is 315 g/mol. The second-order valence-corrected chi connectivity index (χ2v) is 5.62. The normalized spacial score (nSPS) is 11.9. The van der Waals surface area contributed by atoms with E-state index in [2.05, 4.69) is 6.92 Å². The predicted molar refractivity (Wildman–Crippen MR) is 83.7 cm³/mol. The zero-order valence-electron chi connectivity index (χ0n) is 13.7. The van der Waals surface area contributed by atoms with E-state index in [1.807, 2.05) is 0 Å². The molecular weight excluding hydrogens is 286 g/mol. The van der Waals surface area contributed by atoms with Crippen LogP contribution < -0.4 is 0 Å². The van der Waals surface area contributed by atoms with Gasteiger partial charge in [-0.1, -0.05) is 45.4 Å². The molecule has 0 aliphatic carbocycles. The summed E-state index contributed by atoms with van der Waals surface area (Å²) in [4.78, 5) is 34.9. The number of nitrogens with zero attached hydrogens (tertiary/aromatic N) is 1. The lowest BCUT2D eigenvalue weighted by Crippen LogP contribution is -2.44. The Balaban J connectivity index is 4.16. The molecule has 0 fully saturated rings. The molecule has 1 unspecified atom stereocenters. The van der Waals surface area contributed by atoms with Crippen molar-refractivity contribution in [2.45, 2.75) is 77.7 Å². The number of amides is 1. The summed E-state index contributed by atoms with van der Waals surface area (Å²) in [5, 5.41) is 17.7. The van der Waals surface area contributed by atoms with Crippen molar-refractivity contribution in [2.75, 3.05) is 6.54 Å². The van der Waals surface area contributed by atoms with Gasteiger partial charge in [-0.05, 0) is 13.3 Å². The van der Waals surface area contributed by atoms with E-state index in [0.717, 1.165) is 30.6 Å². The molecule has 22 heavy (non-hydrogen) atoms. The zero-order chi connectivity index (χ0) is 17.0. The Morgan fingerprint density at radius 3 is 1.95 bits per heavy atom. The molecule has 0 heterocycles. The fourth-order valence-corrected chi connectivity index (χ4v) is 2.26. The zero-order valence-corrected chi connectivity index (χ0v) is 13.7. The number of carbonyl (C=O) groups is 3. The van der Waals surface area contributed by atoms with E-state index in [1.165, 1.54) is 26.2 Å². The van der Waals surface area contributed by atoms with E-state index in [-0.39, 0.29) is 25.3 Å². The Kier molecular flexibility index (Phi) is 11.1. The highest BCUT2D eigenvalue weighted by atomic mass is 16.4. The highest BCUT2D eigenvalue weighted by molar-refractivity contribution is 5.83. The standard InChI is InChI=1S/C16H29NO5/c1-3-4-5-6-7-8-9-10-14(18)17(12-11-15(19)20)13(2)16(21)22/h13H,3-12H2,1-2H3,(H,19,20)(H,21,22). The molecule has 128 valence electrons. The highest BCUT2D eigenvalue weighted by Gasteiger charge is 2.25. The van der Waals surface area contributed by atoms with Crippen molar-refractivity contribution < 1.29 is 24.6 Å². The number of hydrogen-bond donors (Lipinski definition) is 2. The van der Waals surface area contributed by atoms with Gasteiger partial charge in [0.1, 0.15) is 6.04 Å². The van der Waals surface area contributed by atoms with Crippen molar-refractivity contribution in [1.82, 2.24) is 4.90 Å². The SMILES string of the molecule is CCCCCCCCCC(=O)N(CCC(=O)O)C(C)C(=O)O. The molecule has 1 atom stereocenters. The molecule has 0 saturated heterocycles. The molecule has 0 radical (unpaired) electrons. The van der Waals surface area contributed by atoms with Crippen LogP contribution in [0.25, 0.3) is 0 Å². The third-order valence-corrected chi connectivity index (χ3v) is 3.71. The second-order valence-electron chi connectivity index (χ2n) is 5.62. The van der Waals surface area contributed by atoms with Crippen LogP contribution in [0.15, 0.2) is 0 Å². The molecule has 0 aromatic carbocycles. The molecule has 0 aromatic rings. The fraction of sp³-hybridized carbons (Fsp3) is 0.812. The van der Waals surface area contributed by atoms with Gasteiger partial charge < -0.3 is 15.1 Å². The van der Waals surface area contributed by atoms with Crippen LogP contribution in [0, 0.1) is 0 Å². The average molecular weight is 315 g/mol. The van der Waals surface area contributed by atoms with Crippen LogP contribution in [-0.4, -0.2) is 45.5 Å². The van der Waals surface area contributed by atoms with Crippen LogP contribution in [0.5, 0.6) is 0 Å². The van der Waals surface area contributed by atoms with E-state index in [4.69, 9.17) is 10.2 Å². The summed E-state index contributed by atoms with van der Waals surface area (Å²) in [6, 6.07) is -0.989. The Morgan fingerprint density at radius 1 is 0.909 bits per heavy atom. The topological polar surface area (TPSA) is 94.9 Å². The van der Waals surface area contributed by atoms with Crippen LogP contribution in [0.3, 0.4) is 0 Å². The minimum absolute atomic E-state index is 0.0574. The van der Waals surface area contributed by atoms with Crippen LogP contribution >= 0.6 is 0 Å². The first-order valence-electron chi connectivity index (χ1n) is 8.14. The highest BCUT2D eigenvalue weighted by Crippen LogP contribution is 2.11. The van der Waals surface area contributed by atoms with Gasteiger partial charge in [-0.15, -0.1) is 0 Å². The average Bonchev–Trinajstić information content (AvgIpc) is 2.45. The lowest BCUT2D eigenvalue weighted by Gasteiger charge is -2.26. The van der Waals surface area contributed by atoms with Gasteiger partial charge in [0.25, 0.3) is 0 Å². The number of carboxylic acid groups (broad SMARTS) is 2. The molecule has 0 aliphatic heterocycles. The van der Waals surface area contributed by atoms with Crippen LogP contribution in [0.4, 0.5) is 0 Å². The molecule has 6 heteroatoms. The molecule has 0 bridgehead atoms. The lowest BCUT2D eigenvalue weighted by molar-refractivity contribution is -0.150. The van der Waals surface area contributed by atoms with Crippen molar-refractivity contribution in [3.05, 3.63) is 0 Å². The predicted octanol–water partition coefficient (Wildman–Crippen LogP) is 2.90. The largest absolute Gasteiger partial charge is 0.481 e. The number of unbranched alkanes of at least 4 members (excludes halogenated alkanes) is 6. The second kappa shape index (κ2) is 12.0. The van der Waals surface area contributed by atoms with Gasteiger partial charge in [-0.2, -0.15) is 0 Å². The Labute approximate surface area is 132 Å². The summed E-state index contributed by atoms with van der Waals surface area (Å²) in [5.74, 6) is -2.42. The first-order chi connectivity index (χ1) is 10.4. The number of carboxylic acids is 2. The smallest absolute Gasteiger partial charge is 0.326 e. The summed E-state index contributed by atoms with van der Waals surface area (Å²) < 4.78 is 0. The summed E-state index contributed by atoms with van der Waals surface area (Å²) >= 11 is 0. The Hall–Kier alpha value is -1.59. The van der Waals surface area contributed by atoms with E-state index < -0.39 is 18.0 Å². The quantitative estimate of drug-likeness (QED) is 0.510. The molecule has 0 saturated carbocycles. The van der Waals surface area contributed by atoms with Crippen molar-refractivity contribution in [3.8, 4) is 0 Å². The first-order valence-corrected chi connectivity index (χ1v) is 8.14. The van der Waals surface area contributed by atoms with Gasteiger partial charge in [-0.3, -0.25) is 9.59 Å². The van der Waals surface area contributed by atoms with Crippen molar-refractivity contribution in [2.24, 2.45) is 0 Å². The van der Waals surface area contributed by atoms with Gasteiger partial charge in [0, 0.05) is 13.0 Å². The van der Waals surface area contributed by atoms with Gasteiger partial charge in [0.15, 0.2) is 0 Å². The van der Waals surface area contributed by atoms with Gasteiger partial charge in [-0.25, -0.2) is 4.79 Å². The molecule has 0 aliphatic rings. The summed E-state index contributed by atoms with van der Waals surface area (Å²) in [7, 11) is 0. The van der Waals surface area contributed by atoms with Crippen LogP contribution in [0.2, 0.25) is 0 Å². The van der Waals surface area contributed by atoms with E-state index in [1.54, 1.807) is 0 Å². The number of carbonyl (C=O) groups excluding carboxylic acids is 1. The maximum absolute atomic E-state index is 12.1. The molecule has 2 N–H and O–H groups in total. The van der Waals surface area contributed by atoms with Crippen LogP contribution in [-0.2, 0) is 14.4 Å². The number of rotatable bonds is 13. The molecule has 0 rings (SSSR count). The van der Waals surface area contributed by atoms with E-state index in [9.17, 15) is 14.4 Å². The third-order valence-electron chi connectivity index (χ3n) is 3.71. The Bertz CT molecular complexity index is 356. The van der Waals surface area contributed by atoms with Gasteiger partial charge >= 0.3 is 11.9 Å². The third kappa shape index (κ3) is 9.37. The summed E-state index contributed by atoms with van der Waals surface area (Å²) in [5.41, 5.74) is 0. The number of aliphatic carboxylic acids is 2. The van der Waals surface area contributed by atoms with E-state index >= 15 is 0 Å². The summed E-state index contributed by atoms with van der Waals surface area (Å²) in [6.45, 7) is 3.51. The maximum atomic E-state index is 12.1. The van der Waals surface area contributed by atoms with Crippen molar-refractivity contribution in [3.63, 3.8) is 0 Å². The molecule has 6 nitrogen and oxygen atoms in total. The fourth-order valence-electron chi connectivity index (χ4n) is 2.26. The minimum atomic E-state index is -1.11. The van der Waals surface area contributed by atoms with Crippen LogP contribution in [0.1, 0.15) is 71.6 Å². The summed E-state index contributed by atoms with van der Waals surface area (Å²) in [6.07, 6.45) is 7.61. The van der Waals surface area contributed by atoms with E-state index in [0.29, 0.717) is 0 Å². The van der Waals surface area contributed by atoms with Crippen molar-refractivity contribution >= 4 is 17.8 Å². The maximum Gasteiger partial charge on any atom is 0.326 e. The molecule has 0 spiro atoms. The van der Waals surface area contributed by atoms with Gasteiger partial charge in [0.05, 0.1) is 6.42 Å². The van der Waals surface area contributed by atoms with Crippen molar-refractivity contribution in [1.29, 1.82) is 0 Å². The van der Waals surface area contributed by atoms with Gasteiger partial charge in [0.2, 0.25) is 5.91 Å². The molecule has 1 amide bonds. The first kappa shape index (κ1) is 20.4. The Morgan fingerprint density at radius 2 is 1.45 bits per heavy atom. The lowest BCUT2D eigenvalue weighted by atomic mass is 10.1.